The highest BCUT2D eigenvalue weighted by molar-refractivity contribution is 5.70. The molecule has 0 aliphatic heterocycles. The summed E-state index contributed by atoms with van der Waals surface area (Å²) in [6.07, 6.45) is 8.76. The molecule has 0 heterocycles. The minimum Gasteiger partial charge on any atom is -0.463 e. The van der Waals surface area contributed by atoms with Gasteiger partial charge in [-0.05, 0) is 67.6 Å². The van der Waals surface area contributed by atoms with E-state index in [4.69, 9.17) is 9.47 Å². The minimum absolute atomic E-state index is 0.00472. The summed E-state index contributed by atoms with van der Waals surface area (Å²) in [5.41, 5.74) is 0.296. The lowest BCUT2D eigenvalue weighted by molar-refractivity contribution is -0.153. The molecule has 0 aromatic heterocycles. The first-order valence-electron chi connectivity index (χ1n) is 8.78. The van der Waals surface area contributed by atoms with Gasteiger partial charge in [0.2, 0.25) is 0 Å². The van der Waals surface area contributed by atoms with Crippen molar-refractivity contribution in [2.75, 3.05) is 19.8 Å². The largest absolute Gasteiger partial charge is 0.463 e. The number of hydrogen-bond donors (Lipinski definition) is 0. The van der Waals surface area contributed by atoms with E-state index in [9.17, 15) is 4.79 Å². The van der Waals surface area contributed by atoms with Crippen LogP contribution >= 0.6 is 0 Å². The Morgan fingerprint density at radius 2 is 1.62 bits per heavy atom. The molecule has 3 heteroatoms. The highest BCUT2D eigenvalue weighted by Crippen LogP contribution is 2.61. The van der Waals surface area contributed by atoms with Gasteiger partial charge in [0, 0.05) is 6.61 Å². The molecule has 0 amide bonds. The summed E-state index contributed by atoms with van der Waals surface area (Å²) in [4.78, 5) is 12.1. The van der Waals surface area contributed by atoms with Crippen molar-refractivity contribution in [3.63, 3.8) is 0 Å². The molecule has 3 nitrogen and oxygen atoms in total. The third-order valence-corrected chi connectivity index (χ3v) is 5.63. The Labute approximate surface area is 128 Å². The van der Waals surface area contributed by atoms with Crippen LogP contribution in [0.25, 0.3) is 0 Å². The van der Waals surface area contributed by atoms with E-state index in [1.807, 2.05) is 0 Å². The van der Waals surface area contributed by atoms with Gasteiger partial charge in [0.1, 0.15) is 6.61 Å². The van der Waals surface area contributed by atoms with Gasteiger partial charge < -0.3 is 9.47 Å². The van der Waals surface area contributed by atoms with Crippen LogP contribution in [-0.2, 0) is 14.3 Å². The van der Waals surface area contributed by atoms with Crippen LogP contribution in [0, 0.1) is 29.1 Å². The molecule has 4 aliphatic carbocycles. The molecule has 0 saturated heterocycles. The normalized spacial score (nSPS) is 37.2. The molecule has 4 saturated carbocycles. The van der Waals surface area contributed by atoms with Crippen LogP contribution in [0.15, 0.2) is 0 Å². The molecule has 0 spiro atoms. The third kappa shape index (κ3) is 3.80. The average Bonchev–Trinajstić information content (AvgIpc) is 2.35. The maximum Gasteiger partial charge on any atom is 0.306 e. The van der Waals surface area contributed by atoms with Crippen molar-refractivity contribution >= 4 is 5.97 Å². The molecule has 0 aromatic rings. The van der Waals surface area contributed by atoms with E-state index in [-0.39, 0.29) is 5.97 Å². The fraction of sp³-hybridized carbons (Fsp3) is 0.944. The van der Waals surface area contributed by atoms with Crippen LogP contribution in [0.5, 0.6) is 0 Å². The SMILES string of the molecule is CC(C)COCCOC(=O)CC12CC3CC(CC(C3)C1)C2. The van der Waals surface area contributed by atoms with Crippen molar-refractivity contribution in [2.24, 2.45) is 29.1 Å². The Kier molecular flexibility index (Phi) is 4.58. The second-order valence-corrected chi connectivity index (χ2v) is 8.28. The van der Waals surface area contributed by atoms with E-state index in [1.165, 1.54) is 38.5 Å². The van der Waals surface area contributed by atoms with E-state index < -0.39 is 0 Å². The molecule has 120 valence electrons. The molecule has 0 radical (unpaired) electrons. The molecular formula is C18H30O3. The molecule has 4 aliphatic rings. The highest BCUT2D eigenvalue weighted by Gasteiger charge is 2.51. The minimum atomic E-state index is 0.00472. The Hall–Kier alpha value is -0.570. The van der Waals surface area contributed by atoms with Crippen molar-refractivity contribution < 1.29 is 14.3 Å². The number of esters is 1. The fourth-order valence-electron chi connectivity index (χ4n) is 5.40. The van der Waals surface area contributed by atoms with Crippen LogP contribution in [-0.4, -0.2) is 25.8 Å². The van der Waals surface area contributed by atoms with E-state index in [0.717, 1.165) is 24.4 Å². The van der Waals surface area contributed by atoms with Gasteiger partial charge in [-0.15, -0.1) is 0 Å². The molecule has 21 heavy (non-hydrogen) atoms. The third-order valence-electron chi connectivity index (χ3n) is 5.63. The zero-order chi connectivity index (χ0) is 14.9. The average molecular weight is 294 g/mol. The monoisotopic (exact) mass is 294 g/mol. The van der Waals surface area contributed by atoms with Gasteiger partial charge in [0.15, 0.2) is 0 Å². The van der Waals surface area contributed by atoms with Gasteiger partial charge in [-0.25, -0.2) is 0 Å². The molecule has 4 fully saturated rings. The predicted octanol–water partition coefficient (Wildman–Crippen LogP) is 3.81. The second kappa shape index (κ2) is 6.28. The van der Waals surface area contributed by atoms with E-state index in [1.54, 1.807) is 0 Å². The van der Waals surface area contributed by atoms with Gasteiger partial charge in [0.25, 0.3) is 0 Å². The van der Waals surface area contributed by atoms with Crippen molar-refractivity contribution in [3.05, 3.63) is 0 Å². The summed E-state index contributed by atoms with van der Waals surface area (Å²) in [5, 5.41) is 0. The first-order chi connectivity index (χ1) is 10.0. The molecular weight excluding hydrogens is 264 g/mol. The highest BCUT2D eigenvalue weighted by atomic mass is 16.6. The maximum absolute atomic E-state index is 12.1. The van der Waals surface area contributed by atoms with Gasteiger partial charge in [-0.1, -0.05) is 13.8 Å². The standard InChI is InChI=1S/C18H30O3/c1-13(2)12-20-3-4-21-17(19)11-18-8-14-5-15(9-18)7-16(6-14)10-18/h13-16H,3-12H2,1-2H3. The summed E-state index contributed by atoms with van der Waals surface area (Å²) in [5.74, 6) is 3.24. The number of carbonyl (C=O) groups excluding carboxylic acids is 1. The lowest BCUT2D eigenvalue weighted by Crippen LogP contribution is -2.47. The smallest absolute Gasteiger partial charge is 0.306 e. The predicted molar refractivity (Wildman–Crippen MR) is 81.8 cm³/mol. The lowest BCUT2D eigenvalue weighted by Gasteiger charge is -2.56. The Bertz CT molecular complexity index is 339. The first kappa shape index (κ1) is 15.3. The molecule has 4 rings (SSSR count). The second-order valence-electron chi connectivity index (χ2n) is 8.28. The Morgan fingerprint density at radius 3 is 2.14 bits per heavy atom. The van der Waals surface area contributed by atoms with Crippen molar-refractivity contribution in [1.82, 2.24) is 0 Å². The van der Waals surface area contributed by atoms with Gasteiger partial charge >= 0.3 is 5.97 Å². The summed E-state index contributed by atoms with van der Waals surface area (Å²) < 4.78 is 10.9. The summed E-state index contributed by atoms with van der Waals surface area (Å²) >= 11 is 0. The van der Waals surface area contributed by atoms with Crippen LogP contribution < -0.4 is 0 Å². The van der Waals surface area contributed by atoms with Crippen LogP contribution in [0.1, 0.15) is 58.8 Å². The summed E-state index contributed by atoms with van der Waals surface area (Å²) in [7, 11) is 0. The van der Waals surface area contributed by atoms with E-state index >= 15 is 0 Å². The van der Waals surface area contributed by atoms with E-state index in [2.05, 4.69) is 13.8 Å². The van der Waals surface area contributed by atoms with Gasteiger partial charge in [0.05, 0.1) is 13.0 Å². The molecule has 0 unspecified atom stereocenters. The Balaban J connectivity index is 1.41. The number of carbonyl (C=O) groups is 1. The summed E-state index contributed by atoms with van der Waals surface area (Å²) in [6.45, 7) is 5.94. The van der Waals surface area contributed by atoms with Gasteiger partial charge in [-0.2, -0.15) is 0 Å². The van der Waals surface area contributed by atoms with Crippen LogP contribution in [0.3, 0.4) is 0 Å². The number of hydrogen-bond acceptors (Lipinski definition) is 3. The topological polar surface area (TPSA) is 35.5 Å². The molecule has 0 N–H and O–H groups in total. The van der Waals surface area contributed by atoms with Gasteiger partial charge in [-0.3, -0.25) is 4.79 Å². The quantitative estimate of drug-likeness (QED) is 0.529. The first-order valence-corrected chi connectivity index (χ1v) is 8.78. The molecule has 0 atom stereocenters. The van der Waals surface area contributed by atoms with Crippen molar-refractivity contribution in [1.29, 1.82) is 0 Å². The fourth-order valence-corrected chi connectivity index (χ4v) is 5.40. The molecule has 0 aromatic carbocycles. The Morgan fingerprint density at radius 1 is 1.05 bits per heavy atom. The van der Waals surface area contributed by atoms with Crippen molar-refractivity contribution in [2.45, 2.75) is 58.8 Å². The number of ether oxygens (including phenoxy) is 2. The van der Waals surface area contributed by atoms with Crippen LogP contribution in [0.2, 0.25) is 0 Å². The van der Waals surface area contributed by atoms with Crippen LogP contribution in [0.4, 0.5) is 0 Å². The lowest BCUT2D eigenvalue weighted by atomic mass is 9.49. The maximum atomic E-state index is 12.1. The van der Waals surface area contributed by atoms with E-state index in [0.29, 0.717) is 31.0 Å². The number of rotatable bonds is 7. The van der Waals surface area contributed by atoms with Crippen molar-refractivity contribution in [3.8, 4) is 0 Å². The molecule has 4 bridgehead atoms. The summed E-state index contributed by atoms with van der Waals surface area (Å²) in [6, 6.07) is 0. The zero-order valence-corrected chi connectivity index (χ0v) is 13.6. The zero-order valence-electron chi connectivity index (χ0n) is 13.6.